The highest BCUT2D eigenvalue weighted by molar-refractivity contribution is 6.67. The smallest absolute Gasteiger partial charge is 0.364 e. The second-order valence-corrected chi connectivity index (χ2v) is 3.01. The SMILES string of the molecule is CCOCCO/N=C(/C(=O)CCl)C(=O)OCC. The summed E-state index contributed by atoms with van der Waals surface area (Å²) in [4.78, 5) is 27.4. The van der Waals surface area contributed by atoms with Gasteiger partial charge in [0, 0.05) is 6.61 Å². The molecule has 0 aliphatic heterocycles. The van der Waals surface area contributed by atoms with Crippen LogP contribution in [0.4, 0.5) is 0 Å². The predicted octanol–water partition coefficient (Wildman–Crippen LogP) is 0.766. The molecular weight excluding hydrogens is 250 g/mol. The van der Waals surface area contributed by atoms with E-state index in [1.54, 1.807) is 6.92 Å². The number of rotatable bonds is 9. The van der Waals surface area contributed by atoms with Gasteiger partial charge in [-0.3, -0.25) is 4.79 Å². The van der Waals surface area contributed by atoms with Crippen LogP contribution in [0.2, 0.25) is 0 Å². The van der Waals surface area contributed by atoms with E-state index in [9.17, 15) is 9.59 Å². The first-order valence-corrected chi connectivity index (χ1v) is 5.74. The Morgan fingerprint density at radius 2 is 1.88 bits per heavy atom. The summed E-state index contributed by atoms with van der Waals surface area (Å²) in [5.41, 5.74) is -0.432. The number of Topliss-reactive ketones (excluding diaryl/α,β-unsaturated/α-hetero) is 1. The number of hydrogen-bond donors (Lipinski definition) is 0. The molecule has 0 spiro atoms. The fourth-order valence-corrected chi connectivity index (χ4v) is 0.942. The topological polar surface area (TPSA) is 74.2 Å². The van der Waals surface area contributed by atoms with E-state index >= 15 is 0 Å². The monoisotopic (exact) mass is 265 g/mol. The van der Waals surface area contributed by atoms with E-state index in [1.165, 1.54) is 0 Å². The minimum atomic E-state index is -0.838. The van der Waals surface area contributed by atoms with Crippen LogP contribution in [0.5, 0.6) is 0 Å². The summed E-state index contributed by atoms with van der Waals surface area (Å²) in [5.74, 6) is -1.83. The van der Waals surface area contributed by atoms with Crippen LogP contribution in [0.1, 0.15) is 13.8 Å². The van der Waals surface area contributed by atoms with Crippen LogP contribution in [-0.2, 0) is 23.9 Å². The molecule has 0 fully saturated rings. The van der Waals surface area contributed by atoms with Gasteiger partial charge in [0.05, 0.1) is 19.1 Å². The lowest BCUT2D eigenvalue weighted by atomic mass is 10.3. The first-order chi connectivity index (χ1) is 8.17. The van der Waals surface area contributed by atoms with Gasteiger partial charge in [0.25, 0.3) is 0 Å². The fourth-order valence-electron chi connectivity index (χ4n) is 0.815. The van der Waals surface area contributed by atoms with Gasteiger partial charge in [0.2, 0.25) is 11.5 Å². The van der Waals surface area contributed by atoms with E-state index in [4.69, 9.17) is 21.2 Å². The van der Waals surface area contributed by atoms with Crippen molar-refractivity contribution in [2.75, 3.05) is 32.3 Å². The lowest BCUT2D eigenvalue weighted by Crippen LogP contribution is -2.28. The second kappa shape index (κ2) is 10.0. The van der Waals surface area contributed by atoms with Crippen LogP contribution in [-0.4, -0.2) is 49.8 Å². The number of halogens is 1. The van der Waals surface area contributed by atoms with Gasteiger partial charge in [-0.2, -0.15) is 0 Å². The lowest BCUT2D eigenvalue weighted by molar-refractivity contribution is -0.136. The Bertz CT molecular complexity index is 280. The van der Waals surface area contributed by atoms with Crippen molar-refractivity contribution in [2.45, 2.75) is 13.8 Å². The molecule has 0 aromatic heterocycles. The van der Waals surface area contributed by atoms with Crippen LogP contribution in [0.3, 0.4) is 0 Å². The minimum absolute atomic E-state index is 0.145. The fraction of sp³-hybridized carbons (Fsp3) is 0.700. The van der Waals surface area contributed by atoms with Crippen LogP contribution in [0.25, 0.3) is 0 Å². The predicted molar refractivity (Wildman–Crippen MR) is 62.2 cm³/mol. The average molecular weight is 266 g/mol. The van der Waals surface area contributed by atoms with E-state index in [2.05, 4.69) is 9.89 Å². The van der Waals surface area contributed by atoms with Crippen LogP contribution in [0, 0.1) is 0 Å². The Balaban J connectivity index is 4.31. The van der Waals surface area contributed by atoms with Crippen molar-refractivity contribution >= 4 is 29.1 Å². The molecule has 0 N–H and O–H groups in total. The molecule has 0 bridgehead atoms. The average Bonchev–Trinajstić information content (AvgIpc) is 2.33. The number of hydrogen-bond acceptors (Lipinski definition) is 6. The van der Waals surface area contributed by atoms with Gasteiger partial charge in [-0.1, -0.05) is 5.16 Å². The number of carbonyl (C=O) groups is 2. The number of ketones is 1. The zero-order valence-corrected chi connectivity index (χ0v) is 10.7. The quantitative estimate of drug-likeness (QED) is 0.154. The summed E-state index contributed by atoms with van der Waals surface area (Å²) >= 11 is 5.34. The van der Waals surface area contributed by atoms with Crippen molar-refractivity contribution in [1.29, 1.82) is 0 Å². The third kappa shape index (κ3) is 6.91. The first-order valence-electron chi connectivity index (χ1n) is 5.21. The molecule has 98 valence electrons. The molecule has 0 saturated heterocycles. The molecule has 0 aromatic rings. The Morgan fingerprint density at radius 1 is 1.18 bits per heavy atom. The van der Waals surface area contributed by atoms with Crippen LogP contribution < -0.4 is 0 Å². The number of ether oxygens (including phenoxy) is 2. The van der Waals surface area contributed by atoms with E-state index in [0.717, 1.165) is 0 Å². The third-order valence-electron chi connectivity index (χ3n) is 1.53. The molecule has 0 aliphatic rings. The highest BCUT2D eigenvalue weighted by Crippen LogP contribution is 1.93. The molecule has 0 amide bonds. The van der Waals surface area contributed by atoms with Crippen molar-refractivity contribution in [3.05, 3.63) is 0 Å². The lowest BCUT2D eigenvalue weighted by Gasteiger charge is -2.04. The number of oxime groups is 1. The summed E-state index contributed by atoms with van der Waals surface area (Å²) in [6.07, 6.45) is 0. The molecule has 0 unspecified atom stereocenters. The van der Waals surface area contributed by atoms with Crippen molar-refractivity contribution in [1.82, 2.24) is 0 Å². The van der Waals surface area contributed by atoms with Gasteiger partial charge in [-0.05, 0) is 13.8 Å². The zero-order chi connectivity index (χ0) is 13.1. The summed E-state index contributed by atoms with van der Waals surface area (Å²) in [5, 5.41) is 3.41. The summed E-state index contributed by atoms with van der Waals surface area (Å²) < 4.78 is 9.63. The number of alkyl halides is 1. The van der Waals surface area contributed by atoms with Gasteiger partial charge >= 0.3 is 5.97 Å². The Kier molecular flexibility index (Phi) is 9.37. The van der Waals surface area contributed by atoms with Crippen molar-refractivity contribution in [3.63, 3.8) is 0 Å². The molecular formula is C10H16ClNO5. The highest BCUT2D eigenvalue weighted by Gasteiger charge is 2.21. The molecule has 0 saturated carbocycles. The molecule has 0 atom stereocenters. The Hall–Kier alpha value is -1.14. The maximum absolute atomic E-state index is 11.3. The van der Waals surface area contributed by atoms with Crippen molar-refractivity contribution in [2.24, 2.45) is 5.16 Å². The van der Waals surface area contributed by atoms with E-state index < -0.39 is 17.5 Å². The van der Waals surface area contributed by atoms with Gasteiger partial charge in [-0.15, -0.1) is 11.6 Å². The molecule has 0 radical (unpaired) electrons. The Morgan fingerprint density at radius 3 is 2.41 bits per heavy atom. The largest absolute Gasteiger partial charge is 0.461 e. The van der Waals surface area contributed by atoms with Gasteiger partial charge in [0.15, 0.2) is 0 Å². The maximum atomic E-state index is 11.3. The van der Waals surface area contributed by atoms with Gasteiger partial charge in [0.1, 0.15) is 6.61 Å². The molecule has 0 heterocycles. The second-order valence-electron chi connectivity index (χ2n) is 2.75. The minimum Gasteiger partial charge on any atom is -0.461 e. The first kappa shape index (κ1) is 15.9. The van der Waals surface area contributed by atoms with Crippen molar-refractivity contribution < 1.29 is 23.9 Å². The van der Waals surface area contributed by atoms with Crippen LogP contribution in [0.15, 0.2) is 5.16 Å². The zero-order valence-electron chi connectivity index (χ0n) is 9.90. The number of esters is 1. The van der Waals surface area contributed by atoms with Crippen LogP contribution >= 0.6 is 11.6 Å². The summed E-state index contributed by atoms with van der Waals surface area (Å²) in [6, 6.07) is 0. The molecule has 6 nitrogen and oxygen atoms in total. The number of carbonyl (C=O) groups excluding carboxylic acids is 2. The normalized spacial score (nSPS) is 11.1. The highest BCUT2D eigenvalue weighted by atomic mass is 35.5. The summed E-state index contributed by atoms with van der Waals surface area (Å²) in [7, 11) is 0. The number of nitrogens with zero attached hydrogens (tertiary/aromatic N) is 1. The summed E-state index contributed by atoms with van der Waals surface area (Å²) in [6.45, 7) is 4.63. The molecule has 0 rings (SSSR count). The van der Waals surface area contributed by atoms with Crippen molar-refractivity contribution in [3.8, 4) is 0 Å². The molecule has 17 heavy (non-hydrogen) atoms. The van der Waals surface area contributed by atoms with E-state index in [0.29, 0.717) is 13.2 Å². The maximum Gasteiger partial charge on any atom is 0.364 e. The van der Waals surface area contributed by atoms with Gasteiger partial charge in [-0.25, -0.2) is 4.79 Å². The van der Waals surface area contributed by atoms with E-state index in [-0.39, 0.29) is 19.1 Å². The Labute approximate surface area is 105 Å². The van der Waals surface area contributed by atoms with E-state index in [1.807, 2.05) is 6.92 Å². The molecule has 7 heteroatoms. The third-order valence-corrected chi connectivity index (χ3v) is 1.78. The molecule has 0 aromatic carbocycles. The molecule has 0 aliphatic carbocycles. The standard InChI is InChI=1S/C10H16ClNO5/c1-3-15-5-6-17-12-9(8(13)7-11)10(14)16-4-2/h3-7H2,1-2H3/b12-9-. The van der Waals surface area contributed by atoms with Gasteiger partial charge < -0.3 is 14.3 Å².